The van der Waals surface area contributed by atoms with Gasteiger partial charge in [-0.25, -0.2) is 0 Å². The maximum atomic E-state index is 11.9. The van der Waals surface area contributed by atoms with Crippen LogP contribution >= 0.6 is 0 Å². The SMILES string of the molecule is C[CH]1CC(=O)C(C(=O)C2CCC2)[CH2][Sn]1. The van der Waals surface area contributed by atoms with Crippen molar-refractivity contribution in [1.29, 1.82) is 0 Å². The topological polar surface area (TPSA) is 34.1 Å². The van der Waals surface area contributed by atoms with E-state index in [0.29, 0.717) is 16.1 Å². The average Bonchev–Trinajstić information content (AvgIpc) is 2.00. The Kier molecular flexibility index (Phi) is 3.30. The summed E-state index contributed by atoms with van der Waals surface area (Å²) in [6.45, 7) is 2.17. The number of rotatable bonds is 2. The van der Waals surface area contributed by atoms with Gasteiger partial charge >= 0.3 is 95.1 Å². The van der Waals surface area contributed by atoms with Crippen LogP contribution < -0.4 is 0 Å². The van der Waals surface area contributed by atoms with Crippen molar-refractivity contribution >= 4 is 32.7 Å². The Balaban J connectivity index is 1.96. The predicted molar refractivity (Wildman–Crippen MR) is 55.4 cm³/mol. The fourth-order valence-electron chi connectivity index (χ4n) is 2.19. The van der Waals surface area contributed by atoms with Gasteiger partial charge in [0.1, 0.15) is 0 Å². The van der Waals surface area contributed by atoms with E-state index >= 15 is 0 Å². The molecule has 14 heavy (non-hydrogen) atoms. The molecule has 2 unspecified atom stereocenters. The third kappa shape index (κ3) is 2.04. The first kappa shape index (κ1) is 10.6. The second-order valence-electron chi connectivity index (χ2n) is 4.56. The predicted octanol–water partition coefficient (Wildman–Crippen LogP) is 1.88. The normalized spacial score (nSPS) is 33.9. The molecule has 76 valence electrons. The Bertz CT molecular complexity index is 258. The zero-order valence-corrected chi connectivity index (χ0v) is 11.4. The molecule has 3 heteroatoms. The molecule has 1 aliphatic heterocycles. The molecule has 2 nitrogen and oxygen atoms in total. The van der Waals surface area contributed by atoms with Gasteiger partial charge in [-0.2, -0.15) is 0 Å². The Morgan fingerprint density at radius 1 is 1.43 bits per heavy atom. The molecule has 1 heterocycles. The van der Waals surface area contributed by atoms with Crippen LogP contribution in [0.3, 0.4) is 0 Å². The first-order chi connectivity index (χ1) is 6.68. The number of Topliss-reactive ketones (excluding diaryl/α,β-unsaturated/α-hetero) is 2. The molecule has 2 aliphatic rings. The van der Waals surface area contributed by atoms with Crippen molar-refractivity contribution < 1.29 is 9.59 Å². The first-order valence-corrected chi connectivity index (χ1v) is 9.15. The van der Waals surface area contributed by atoms with Gasteiger partial charge in [-0.05, 0) is 0 Å². The van der Waals surface area contributed by atoms with Gasteiger partial charge in [0.25, 0.3) is 0 Å². The van der Waals surface area contributed by atoms with Crippen LogP contribution in [0.15, 0.2) is 0 Å². The molecule has 0 bridgehead atoms. The minimum atomic E-state index is -0.414. The molecule has 0 spiro atoms. The van der Waals surface area contributed by atoms with E-state index in [-0.39, 0.29) is 17.6 Å². The van der Waals surface area contributed by atoms with E-state index in [1.54, 1.807) is 0 Å². The summed E-state index contributed by atoms with van der Waals surface area (Å²) in [5.74, 6) is 0.662. The molecule has 0 N–H and O–H groups in total. The summed E-state index contributed by atoms with van der Waals surface area (Å²) in [6.07, 6.45) is 3.98. The molecule has 2 atom stereocenters. The Labute approximate surface area is 95.0 Å². The van der Waals surface area contributed by atoms with Gasteiger partial charge in [-0.15, -0.1) is 0 Å². The summed E-state index contributed by atoms with van der Waals surface area (Å²) in [4.78, 5) is 23.6. The van der Waals surface area contributed by atoms with Crippen molar-refractivity contribution in [2.45, 2.75) is 41.0 Å². The number of carbonyl (C=O) groups excluding carboxylic acids is 2. The number of hydrogen-bond acceptors (Lipinski definition) is 2. The molecule has 2 rings (SSSR count). The van der Waals surface area contributed by atoms with Crippen molar-refractivity contribution in [1.82, 2.24) is 0 Å². The third-order valence-corrected chi connectivity index (χ3v) is 7.83. The zero-order valence-electron chi connectivity index (χ0n) is 8.58. The third-order valence-electron chi connectivity index (χ3n) is 3.42. The fourth-order valence-corrected chi connectivity index (χ4v) is 6.22. The van der Waals surface area contributed by atoms with Gasteiger partial charge in [0.2, 0.25) is 0 Å². The van der Waals surface area contributed by atoms with Crippen LogP contribution in [-0.4, -0.2) is 32.7 Å². The van der Waals surface area contributed by atoms with Crippen LogP contribution in [0.2, 0.25) is 8.37 Å². The van der Waals surface area contributed by atoms with Crippen molar-refractivity contribution in [3.8, 4) is 0 Å². The molecule has 0 aromatic carbocycles. The molecular formula is C11H16O2Sn. The van der Waals surface area contributed by atoms with Crippen LogP contribution in [0.25, 0.3) is 0 Å². The van der Waals surface area contributed by atoms with Crippen LogP contribution in [0.4, 0.5) is 0 Å². The summed E-state index contributed by atoms with van der Waals surface area (Å²) in [5, 5.41) is 0. The van der Waals surface area contributed by atoms with Gasteiger partial charge < -0.3 is 0 Å². The second-order valence-corrected chi connectivity index (χ2v) is 9.71. The molecule has 2 fully saturated rings. The average molecular weight is 299 g/mol. The number of carbonyl (C=O) groups is 2. The molecule has 0 aromatic heterocycles. The fraction of sp³-hybridized carbons (Fsp3) is 0.818. The van der Waals surface area contributed by atoms with E-state index in [9.17, 15) is 9.59 Å². The van der Waals surface area contributed by atoms with E-state index in [0.717, 1.165) is 17.3 Å². The van der Waals surface area contributed by atoms with E-state index in [1.807, 2.05) is 0 Å². The molecule has 0 amide bonds. The number of hydrogen-bond donors (Lipinski definition) is 0. The van der Waals surface area contributed by atoms with Crippen molar-refractivity contribution in [2.24, 2.45) is 11.8 Å². The summed E-state index contributed by atoms with van der Waals surface area (Å²) in [7, 11) is 0. The van der Waals surface area contributed by atoms with Crippen molar-refractivity contribution in [2.75, 3.05) is 0 Å². The van der Waals surface area contributed by atoms with Crippen molar-refractivity contribution in [3.63, 3.8) is 0 Å². The maximum absolute atomic E-state index is 11.9. The number of ketones is 2. The van der Waals surface area contributed by atoms with Gasteiger partial charge in [-0.3, -0.25) is 0 Å². The van der Waals surface area contributed by atoms with Crippen LogP contribution in [0.1, 0.15) is 32.6 Å². The summed E-state index contributed by atoms with van der Waals surface area (Å²) < 4.78 is 1.65. The first-order valence-electron chi connectivity index (χ1n) is 5.48. The van der Waals surface area contributed by atoms with Crippen LogP contribution in [0.5, 0.6) is 0 Å². The molecule has 1 saturated heterocycles. The van der Waals surface area contributed by atoms with Crippen LogP contribution in [-0.2, 0) is 9.59 Å². The Morgan fingerprint density at radius 2 is 2.14 bits per heavy atom. The second kappa shape index (κ2) is 4.33. The molecule has 1 saturated carbocycles. The Hall–Kier alpha value is 0.139. The molecule has 1 aliphatic carbocycles. The van der Waals surface area contributed by atoms with Gasteiger partial charge in [-0.1, -0.05) is 0 Å². The van der Waals surface area contributed by atoms with E-state index in [2.05, 4.69) is 6.92 Å². The van der Waals surface area contributed by atoms with Crippen molar-refractivity contribution in [3.05, 3.63) is 0 Å². The summed E-state index contributed by atoms with van der Waals surface area (Å²) >= 11 is -0.414. The molecular weight excluding hydrogens is 283 g/mol. The quantitative estimate of drug-likeness (QED) is 0.576. The standard InChI is InChI=1S/C11H16O2.Sn/c1-3-5-10(12)8(2)11(13)9-6-4-7-9;/h3,8-9H,2,4-7H2,1H3;. The van der Waals surface area contributed by atoms with E-state index < -0.39 is 21.1 Å². The van der Waals surface area contributed by atoms with Crippen LogP contribution in [0, 0.1) is 11.8 Å². The molecule has 2 radical (unpaired) electrons. The minimum absolute atomic E-state index is 0.150. The van der Waals surface area contributed by atoms with Gasteiger partial charge in [0.15, 0.2) is 0 Å². The molecule has 0 aromatic rings. The summed E-state index contributed by atoms with van der Waals surface area (Å²) in [6, 6.07) is 0. The van der Waals surface area contributed by atoms with E-state index in [1.165, 1.54) is 6.42 Å². The zero-order chi connectivity index (χ0) is 10.1. The summed E-state index contributed by atoms with van der Waals surface area (Å²) in [5.41, 5.74) is 0. The van der Waals surface area contributed by atoms with Gasteiger partial charge in [0, 0.05) is 0 Å². The monoisotopic (exact) mass is 300 g/mol. The van der Waals surface area contributed by atoms with E-state index in [4.69, 9.17) is 0 Å². The van der Waals surface area contributed by atoms with Gasteiger partial charge in [0.05, 0.1) is 0 Å². The Morgan fingerprint density at radius 3 is 2.64 bits per heavy atom.